The first-order valence-electron chi connectivity index (χ1n) is 13.0. The number of carbonyl (C=O) groups excluding carboxylic acids is 1. The molecule has 7 nitrogen and oxygen atoms in total. The highest BCUT2D eigenvalue weighted by Crippen LogP contribution is 2.39. The standard InChI is InChI=1S/C29H46O7/c1-18-14-24-11-8-12-25(31)22(5)20(3)16-27(32)35-26(15-21(4)23(6)30)19(2)10-9-13-28(7,33)29(34,17-18)36-24/h8-9,12-13,16,19,21-26,30-31,33-34H,1,10-11,14-15,17H2,2-7H3/b12-8+,13-9+,20-16+/t19-,21-,22-,23-,24-,25+,26+,28+,29-/m0/s1. The molecule has 7 heteroatoms. The Morgan fingerprint density at radius 1 is 1.19 bits per heavy atom. The van der Waals surface area contributed by atoms with E-state index < -0.39 is 41.8 Å². The van der Waals surface area contributed by atoms with Crippen LogP contribution < -0.4 is 0 Å². The molecule has 0 unspecified atom stereocenters. The summed E-state index contributed by atoms with van der Waals surface area (Å²) in [5.74, 6) is -2.86. The Morgan fingerprint density at radius 2 is 1.86 bits per heavy atom. The summed E-state index contributed by atoms with van der Waals surface area (Å²) in [6.07, 6.45) is 7.94. The molecule has 1 fully saturated rings. The van der Waals surface area contributed by atoms with E-state index >= 15 is 0 Å². The van der Waals surface area contributed by atoms with E-state index in [1.807, 2.05) is 20.8 Å². The van der Waals surface area contributed by atoms with Gasteiger partial charge in [0.2, 0.25) is 5.79 Å². The molecule has 2 bridgehead atoms. The van der Waals surface area contributed by atoms with Gasteiger partial charge in [-0.25, -0.2) is 4.79 Å². The summed E-state index contributed by atoms with van der Waals surface area (Å²) in [6, 6.07) is 0. The number of esters is 1. The van der Waals surface area contributed by atoms with Gasteiger partial charge >= 0.3 is 5.97 Å². The predicted molar refractivity (Wildman–Crippen MR) is 140 cm³/mol. The minimum atomic E-state index is -1.84. The summed E-state index contributed by atoms with van der Waals surface area (Å²) in [5.41, 5.74) is -0.206. The highest BCUT2D eigenvalue weighted by molar-refractivity contribution is 5.83. The second-order valence-electron chi connectivity index (χ2n) is 11.2. The zero-order chi connectivity index (χ0) is 27.3. The molecule has 1 saturated heterocycles. The van der Waals surface area contributed by atoms with Crippen molar-refractivity contribution in [2.24, 2.45) is 17.8 Å². The molecule has 0 aromatic heterocycles. The number of carbonyl (C=O) groups is 1. The first-order valence-corrected chi connectivity index (χ1v) is 13.0. The van der Waals surface area contributed by atoms with Gasteiger partial charge in [0.1, 0.15) is 11.7 Å². The second-order valence-corrected chi connectivity index (χ2v) is 11.2. The number of hydrogen-bond donors (Lipinski definition) is 4. The molecular weight excluding hydrogens is 460 g/mol. The number of rotatable bonds is 3. The molecule has 0 spiro atoms. The van der Waals surface area contributed by atoms with E-state index in [9.17, 15) is 25.2 Å². The van der Waals surface area contributed by atoms with E-state index in [2.05, 4.69) is 6.58 Å². The number of fused-ring (bicyclic) bond motifs is 2. The average molecular weight is 507 g/mol. The fraction of sp³-hybridized carbons (Fsp3) is 0.690. The zero-order valence-corrected chi connectivity index (χ0v) is 22.7. The maximum absolute atomic E-state index is 12.8. The number of cyclic esters (lactones) is 1. The van der Waals surface area contributed by atoms with Crippen molar-refractivity contribution in [3.63, 3.8) is 0 Å². The molecule has 2 aliphatic rings. The lowest BCUT2D eigenvalue weighted by Crippen LogP contribution is -2.56. The van der Waals surface area contributed by atoms with Gasteiger partial charge in [-0.05, 0) is 58.3 Å². The minimum absolute atomic E-state index is 0.0922. The van der Waals surface area contributed by atoms with Gasteiger partial charge in [0, 0.05) is 18.4 Å². The van der Waals surface area contributed by atoms with Crippen LogP contribution in [-0.2, 0) is 14.3 Å². The van der Waals surface area contributed by atoms with Crippen LogP contribution in [0.5, 0.6) is 0 Å². The van der Waals surface area contributed by atoms with Gasteiger partial charge in [0.25, 0.3) is 0 Å². The van der Waals surface area contributed by atoms with Crippen molar-refractivity contribution in [1.82, 2.24) is 0 Å². The van der Waals surface area contributed by atoms with Crippen molar-refractivity contribution in [3.05, 3.63) is 48.1 Å². The second kappa shape index (κ2) is 12.7. The van der Waals surface area contributed by atoms with Crippen LogP contribution in [0.3, 0.4) is 0 Å². The lowest BCUT2D eigenvalue weighted by Gasteiger charge is -2.45. The van der Waals surface area contributed by atoms with Gasteiger partial charge in [-0.15, -0.1) is 0 Å². The molecule has 0 aromatic carbocycles. The Morgan fingerprint density at radius 3 is 2.50 bits per heavy atom. The summed E-state index contributed by atoms with van der Waals surface area (Å²) in [6.45, 7) is 14.7. The summed E-state index contributed by atoms with van der Waals surface area (Å²) < 4.78 is 11.8. The zero-order valence-electron chi connectivity index (χ0n) is 22.7. The van der Waals surface area contributed by atoms with Crippen LogP contribution >= 0.6 is 0 Å². The minimum Gasteiger partial charge on any atom is -0.459 e. The third-order valence-corrected chi connectivity index (χ3v) is 7.75. The first kappa shape index (κ1) is 30.5. The van der Waals surface area contributed by atoms with Gasteiger partial charge in [-0.3, -0.25) is 0 Å². The van der Waals surface area contributed by atoms with E-state index in [-0.39, 0.29) is 24.2 Å². The van der Waals surface area contributed by atoms with E-state index in [0.29, 0.717) is 31.3 Å². The van der Waals surface area contributed by atoms with E-state index in [4.69, 9.17) is 9.47 Å². The topological polar surface area (TPSA) is 116 Å². The maximum atomic E-state index is 12.8. The molecule has 0 saturated carbocycles. The Labute approximate surface area is 216 Å². The monoisotopic (exact) mass is 506 g/mol. The van der Waals surface area contributed by atoms with Gasteiger partial charge in [-0.1, -0.05) is 62.8 Å². The van der Waals surface area contributed by atoms with Crippen molar-refractivity contribution >= 4 is 5.97 Å². The molecule has 36 heavy (non-hydrogen) atoms. The number of allylic oxidation sites excluding steroid dienone is 1. The molecule has 2 aliphatic heterocycles. The summed E-state index contributed by atoms with van der Waals surface area (Å²) in [4.78, 5) is 12.8. The SMILES string of the molecule is C=C1C[C@@H]2C/C=C/[C@@H](O)[C@@H](C)/C(C)=C/C(=O)O[C@H](C[C@H](C)[C@H](C)O)[C@@H](C)C/C=C/[C@@](C)(O)[C@](O)(C1)O2. The van der Waals surface area contributed by atoms with Crippen LogP contribution in [0.1, 0.15) is 73.6 Å². The quantitative estimate of drug-likeness (QED) is 0.338. The largest absolute Gasteiger partial charge is 0.459 e. The van der Waals surface area contributed by atoms with Gasteiger partial charge in [0.05, 0.1) is 18.3 Å². The normalized spacial score (nSPS) is 42.2. The molecule has 0 radical (unpaired) electrons. The highest BCUT2D eigenvalue weighted by atomic mass is 16.6. The highest BCUT2D eigenvalue weighted by Gasteiger charge is 2.49. The molecular formula is C29H46O7. The summed E-state index contributed by atoms with van der Waals surface area (Å²) in [5, 5.41) is 43.1. The van der Waals surface area contributed by atoms with Crippen molar-refractivity contribution < 1.29 is 34.7 Å². The van der Waals surface area contributed by atoms with Crippen molar-refractivity contribution in [2.75, 3.05) is 0 Å². The fourth-order valence-electron chi connectivity index (χ4n) is 4.58. The van der Waals surface area contributed by atoms with Crippen LogP contribution in [0.25, 0.3) is 0 Å². The van der Waals surface area contributed by atoms with Gasteiger partial charge in [-0.2, -0.15) is 0 Å². The summed E-state index contributed by atoms with van der Waals surface area (Å²) in [7, 11) is 0. The Bertz CT molecular complexity index is 856. The van der Waals surface area contributed by atoms with Gasteiger partial charge in [0.15, 0.2) is 0 Å². The molecule has 0 aliphatic carbocycles. The van der Waals surface area contributed by atoms with Crippen LogP contribution in [0.4, 0.5) is 0 Å². The average Bonchev–Trinajstić information content (AvgIpc) is 2.76. The first-order chi connectivity index (χ1) is 16.6. The fourth-order valence-corrected chi connectivity index (χ4v) is 4.58. The predicted octanol–water partition coefficient (Wildman–Crippen LogP) is 3.97. The van der Waals surface area contributed by atoms with Gasteiger partial charge < -0.3 is 29.9 Å². The van der Waals surface area contributed by atoms with E-state index in [1.54, 1.807) is 32.1 Å². The van der Waals surface area contributed by atoms with Crippen molar-refractivity contribution in [3.8, 4) is 0 Å². The third-order valence-electron chi connectivity index (χ3n) is 7.75. The summed E-state index contributed by atoms with van der Waals surface area (Å²) >= 11 is 0. The molecule has 204 valence electrons. The van der Waals surface area contributed by atoms with E-state index in [1.165, 1.54) is 19.1 Å². The van der Waals surface area contributed by atoms with Crippen LogP contribution in [0.2, 0.25) is 0 Å². The Hall–Kier alpha value is -1.77. The number of aliphatic hydroxyl groups excluding tert-OH is 2. The molecule has 4 N–H and O–H groups in total. The molecule has 2 heterocycles. The third kappa shape index (κ3) is 8.12. The van der Waals surface area contributed by atoms with E-state index in [0.717, 1.165) is 5.57 Å². The number of hydrogen-bond acceptors (Lipinski definition) is 7. The van der Waals surface area contributed by atoms with Crippen LogP contribution in [0.15, 0.2) is 48.1 Å². The molecule has 2 rings (SSSR count). The molecule has 0 aromatic rings. The lowest BCUT2D eigenvalue weighted by atomic mass is 9.83. The lowest BCUT2D eigenvalue weighted by molar-refractivity contribution is -0.305. The van der Waals surface area contributed by atoms with Crippen molar-refractivity contribution in [1.29, 1.82) is 0 Å². The van der Waals surface area contributed by atoms with Crippen molar-refractivity contribution in [2.45, 2.75) is 109 Å². The molecule has 0 amide bonds. The number of aliphatic hydroxyl groups is 4. The molecule has 9 atom stereocenters. The van der Waals surface area contributed by atoms with Crippen LogP contribution in [-0.4, -0.2) is 62.2 Å². The number of ether oxygens (including phenoxy) is 2. The Balaban J connectivity index is 2.41. The maximum Gasteiger partial charge on any atom is 0.330 e. The van der Waals surface area contributed by atoms with Crippen LogP contribution in [0, 0.1) is 17.8 Å². The smallest absolute Gasteiger partial charge is 0.330 e. The Kier molecular flexibility index (Phi) is 10.7.